The number of pyridine rings is 1. The highest BCUT2D eigenvalue weighted by molar-refractivity contribution is 9.10. The molecule has 0 saturated heterocycles. The molecule has 0 spiro atoms. The molecule has 0 aliphatic heterocycles. The molecule has 2 nitrogen and oxygen atoms in total. The van der Waals surface area contributed by atoms with Crippen molar-refractivity contribution in [2.75, 3.05) is 0 Å². The first kappa shape index (κ1) is 12.4. The van der Waals surface area contributed by atoms with Crippen molar-refractivity contribution in [3.8, 4) is 11.6 Å². The summed E-state index contributed by atoms with van der Waals surface area (Å²) in [7, 11) is 0. The number of aryl methyl sites for hydroxylation is 1. The highest BCUT2D eigenvalue weighted by Gasteiger charge is 2.05. The van der Waals surface area contributed by atoms with Crippen LogP contribution in [0.4, 0.5) is 0 Å². The van der Waals surface area contributed by atoms with E-state index in [0.29, 0.717) is 5.88 Å². The summed E-state index contributed by atoms with van der Waals surface area (Å²) in [5.74, 6) is 1.29. The van der Waals surface area contributed by atoms with E-state index in [-0.39, 0.29) is 0 Å². The standard InChI is InChI=1S/C13H11BrClNO/c1-2-9-8-10(5-6-12(9)15)17-13-11(14)4-3-7-16-13/h3-8H,2H2,1H3. The molecular formula is C13H11BrClNO. The van der Waals surface area contributed by atoms with Crippen LogP contribution in [0.15, 0.2) is 41.0 Å². The van der Waals surface area contributed by atoms with E-state index in [1.54, 1.807) is 6.20 Å². The molecule has 0 bridgehead atoms. The van der Waals surface area contributed by atoms with Gasteiger partial charge in [-0.3, -0.25) is 0 Å². The van der Waals surface area contributed by atoms with Crippen LogP contribution in [0.5, 0.6) is 11.6 Å². The topological polar surface area (TPSA) is 22.1 Å². The number of ether oxygens (including phenoxy) is 1. The predicted octanol–water partition coefficient (Wildman–Crippen LogP) is 4.85. The van der Waals surface area contributed by atoms with E-state index in [0.717, 1.165) is 27.2 Å². The van der Waals surface area contributed by atoms with Gasteiger partial charge >= 0.3 is 0 Å². The Bertz CT molecular complexity index is 531. The zero-order valence-corrected chi connectivity index (χ0v) is 11.6. The maximum absolute atomic E-state index is 6.05. The smallest absolute Gasteiger partial charge is 0.233 e. The quantitative estimate of drug-likeness (QED) is 0.808. The van der Waals surface area contributed by atoms with Crippen molar-refractivity contribution < 1.29 is 4.74 Å². The fourth-order valence-corrected chi connectivity index (χ4v) is 2.03. The first-order valence-electron chi connectivity index (χ1n) is 5.27. The minimum absolute atomic E-state index is 0.553. The van der Waals surface area contributed by atoms with E-state index in [1.807, 2.05) is 30.3 Å². The van der Waals surface area contributed by atoms with Crippen LogP contribution in [0.1, 0.15) is 12.5 Å². The van der Waals surface area contributed by atoms with Crippen molar-refractivity contribution in [2.24, 2.45) is 0 Å². The third-order valence-electron chi connectivity index (χ3n) is 2.34. The monoisotopic (exact) mass is 311 g/mol. The Morgan fingerprint density at radius 1 is 1.35 bits per heavy atom. The Morgan fingerprint density at radius 3 is 2.88 bits per heavy atom. The molecule has 2 aromatic rings. The van der Waals surface area contributed by atoms with Crippen molar-refractivity contribution in [3.63, 3.8) is 0 Å². The zero-order valence-electron chi connectivity index (χ0n) is 9.28. The van der Waals surface area contributed by atoms with Gasteiger partial charge in [-0.25, -0.2) is 4.98 Å². The van der Waals surface area contributed by atoms with E-state index < -0.39 is 0 Å². The van der Waals surface area contributed by atoms with Gasteiger partial charge in [0.2, 0.25) is 5.88 Å². The molecule has 0 unspecified atom stereocenters. The van der Waals surface area contributed by atoms with Crippen LogP contribution in [-0.2, 0) is 6.42 Å². The Balaban J connectivity index is 2.28. The lowest BCUT2D eigenvalue weighted by molar-refractivity contribution is 0.459. The van der Waals surface area contributed by atoms with Crippen LogP contribution in [-0.4, -0.2) is 4.98 Å². The molecule has 0 N–H and O–H groups in total. The summed E-state index contributed by atoms with van der Waals surface area (Å²) in [6.07, 6.45) is 2.57. The predicted molar refractivity (Wildman–Crippen MR) is 72.8 cm³/mol. The SMILES string of the molecule is CCc1cc(Oc2ncccc2Br)ccc1Cl. The lowest BCUT2D eigenvalue weighted by Crippen LogP contribution is -1.90. The van der Waals surface area contributed by atoms with Gasteiger partial charge in [0.1, 0.15) is 5.75 Å². The largest absolute Gasteiger partial charge is 0.438 e. The fraction of sp³-hybridized carbons (Fsp3) is 0.154. The van der Waals surface area contributed by atoms with Crippen LogP contribution >= 0.6 is 27.5 Å². The summed E-state index contributed by atoms with van der Waals surface area (Å²) in [4.78, 5) is 4.15. The average molecular weight is 313 g/mol. The second-order valence-electron chi connectivity index (χ2n) is 3.50. The Morgan fingerprint density at radius 2 is 2.18 bits per heavy atom. The molecule has 0 radical (unpaired) electrons. The maximum atomic E-state index is 6.05. The van der Waals surface area contributed by atoms with E-state index in [2.05, 4.69) is 27.8 Å². The van der Waals surface area contributed by atoms with Crippen LogP contribution in [0, 0.1) is 0 Å². The third-order valence-corrected chi connectivity index (χ3v) is 3.31. The number of aromatic nitrogens is 1. The van der Waals surface area contributed by atoms with Crippen LogP contribution in [0.3, 0.4) is 0 Å². The lowest BCUT2D eigenvalue weighted by atomic mass is 10.1. The minimum atomic E-state index is 0.553. The number of benzene rings is 1. The summed E-state index contributed by atoms with van der Waals surface area (Å²) in [5, 5.41) is 0.764. The first-order chi connectivity index (χ1) is 8.20. The lowest BCUT2D eigenvalue weighted by Gasteiger charge is -2.08. The van der Waals surface area contributed by atoms with Crippen LogP contribution in [0.2, 0.25) is 5.02 Å². The van der Waals surface area contributed by atoms with Crippen molar-refractivity contribution in [1.29, 1.82) is 0 Å². The van der Waals surface area contributed by atoms with Gasteiger partial charge in [0.15, 0.2) is 0 Å². The van der Waals surface area contributed by atoms with Gasteiger partial charge in [-0.15, -0.1) is 0 Å². The minimum Gasteiger partial charge on any atom is -0.438 e. The van der Waals surface area contributed by atoms with Crippen LogP contribution < -0.4 is 4.74 Å². The molecule has 2 rings (SSSR count). The molecule has 4 heteroatoms. The Labute approximate surface area is 114 Å². The average Bonchev–Trinajstić information content (AvgIpc) is 2.34. The van der Waals surface area contributed by atoms with Gasteiger partial charge in [-0.1, -0.05) is 18.5 Å². The Hall–Kier alpha value is -1.06. The molecule has 88 valence electrons. The van der Waals surface area contributed by atoms with Gasteiger partial charge in [-0.2, -0.15) is 0 Å². The molecule has 1 aromatic heterocycles. The summed E-state index contributed by atoms with van der Waals surface area (Å²) >= 11 is 9.44. The summed E-state index contributed by atoms with van der Waals surface area (Å²) in [6, 6.07) is 9.34. The van der Waals surface area contributed by atoms with Gasteiger partial charge in [-0.05, 0) is 58.2 Å². The molecule has 0 aliphatic rings. The molecule has 0 amide bonds. The summed E-state index contributed by atoms with van der Waals surface area (Å²) < 4.78 is 6.52. The van der Waals surface area contributed by atoms with Crippen molar-refractivity contribution in [1.82, 2.24) is 4.98 Å². The first-order valence-corrected chi connectivity index (χ1v) is 6.44. The van der Waals surface area contributed by atoms with Gasteiger partial charge < -0.3 is 4.74 Å². The molecule has 0 aliphatic carbocycles. The third kappa shape index (κ3) is 2.99. The number of halogens is 2. The zero-order chi connectivity index (χ0) is 12.3. The number of hydrogen-bond donors (Lipinski definition) is 0. The number of rotatable bonds is 3. The van der Waals surface area contributed by atoms with E-state index in [9.17, 15) is 0 Å². The maximum Gasteiger partial charge on any atom is 0.233 e. The van der Waals surface area contributed by atoms with E-state index >= 15 is 0 Å². The number of nitrogens with zero attached hydrogens (tertiary/aromatic N) is 1. The van der Waals surface area contributed by atoms with Gasteiger partial charge in [0.25, 0.3) is 0 Å². The summed E-state index contributed by atoms with van der Waals surface area (Å²) in [6.45, 7) is 2.06. The summed E-state index contributed by atoms with van der Waals surface area (Å²) in [5.41, 5.74) is 1.07. The molecule has 0 atom stereocenters. The van der Waals surface area contributed by atoms with Crippen LogP contribution in [0.25, 0.3) is 0 Å². The van der Waals surface area contributed by atoms with Gasteiger partial charge in [0, 0.05) is 11.2 Å². The second-order valence-corrected chi connectivity index (χ2v) is 4.76. The van der Waals surface area contributed by atoms with Crippen molar-refractivity contribution in [2.45, 2.75) is 13.3 Å². The van der Waals surface area contributed by atoms with Crippen molar-refractivity contribution in [3.05, 3.63) is 51.6 Å². The normalized spacial score (nSPS) is 10.3. The van der Waals surface area contributed by atoms with Gasteiger partial charge in [0.05, 0.1) is 4.47 Å². The fourth-order valence-electron chi connectivity index (χ4n) is 1.44. The highest BCUT2D eigenvalue weighted by Crippen LogP contribution is 2.29. The Kier molecular flexibility index (Phi) is 4.02. The highest BCUT2D eigenvalue weighted by atomic mass is 79.9. The molecule has 17 heavy (non-hydrogen) atoms. The molecular weight excluding hydrogens is 302 g/mol. The number of hydrogen-bond acceptors (Lipinski definition) is 2. The molecule has 1 aromatic carbocycles. The van der Waals surface area contributed by atoms with E-state index in [1.165, 1.54) is 0 Å². The van der Waals surface area contributed by atoms with Crippen molar-refractivity contribution >= 4 is 27.5 Å². The molecule has 0 fully saturated rings. The molecule has 0 saturated carbocycles. The van der Waals surface area contributed by atoms with E-state index in [4.69, 9.17) is 16.3 Å². The second kappa shape index (κ2) is 5.52. The molecule has 1 heterocycles.